The molecule has 1 spiro atoms. The van der Waals surface area contributed by atoms with Crippen LogP contribution in [0.4, 0.5) is 10.8 Å². The van der Waals surface area contributed by atoms with Crippen LogP contribution in [0.2, 0.25) is 5.02 Å². The summed E-state index contributed by atoms with van der Waals surface area (Å²) in [5.74, 6) is -1.77. The molecule has 1 aromatic heterocycles. The lowest BCUT2D eigenvalue weighted by Crippen LogP contribution is -2.43. The van der Waals surface area contributed by atoms with Crippen LogP contribution in [0.15, 0.2) is 41.8 Å². The monoisotopic (exact) mass is 568 g/mol. The van der Waals surface area contributed by atoms with Crippen molar-refractivity contribution in [3.63, 3.8) is 0 Å². The van der Waals surface area contributed by atoms with E-state index in [1.807, 2.05) is 0 Å². The number of hydrogen-bond donors (Lipinski definition) is 3. The van der Waals surface area contributed by atoms with Crippen molar-refractivity contribution in [3.8, 4) is 11.3 Å². The maximum absolute atomic E-state index is 12.4. The standard InChI is InChI=1S/C29H33ClN4O4S/c1-18(2)11-14-32-28-34-24(16-39-28)20-5-3-19(4-6-20)15-33-27-21-12-13-31-17-29(22(21)7-8-23(27)30)37-25(35)9-10-26(36)38-29/h3-8,16,18,31,33H,9-15,17H2,1-2H3,(H,32,34). The molecule has 2 aromatic carbocycles. The third-order valence-corrected chi connectivity index (χ3v) is 8.01. The summed E-state index contributed by atoms with van der Waals surface area (Å²) in [5.41, 5.74) is 5.34. The maximum atomic E-state index is 12.4. The van der Waals surface area contributed by atoms with Gasteiger partial charge in [-0.05, 0) is 48.6 Å². The van der Waals surface area contributed by atoms with E-state index in [1.54, 1.807) is 23.5 Å². The summed E-state index contributed by atoms with van der Waals surface area (Å²) in [6.45, 7) is 6.69. The molecule has 3 aromatic rings. The van der Waals surface area contributed by atoms with Crippen LogP contribution in [0.25, 0.3) is 11.3 Å². The van der Waals surface area contributed by atoms with E-state index >= 15 is 0 Å². The molecular formula is C29H33ClN4O4S. The molecule has 39 heavy (non-hydrogen) atoms. The number of nitrogens with zero attached hydrogens (tertiary/aromatic N) is 1. The SMILES string of the molecule is CC(C)CCNc1nc(-c2ccc(CNc3c(Cl)ccc4c3CCNCC43OC(=O)CCC(=O)O3)cc2)cs1. The predicted molar refractivity (Wildman–Crippen MR) is 154 cm³/mol. The lowest BCUT2D eigenvalue weighted by Gasteiger charge is -2.32. The summed E-state index contributed by atoms with van der Waals surface area (Å²) in [7, 11) is 0. The molecule has 8 nitrogen and oxygen atoms in total. The zero-order chi connectivity index (χ0) is 27.4. The second kappa shape index (κ2) is 11.9. The van der Waals surface area contributed by atoms with Crippen molar-refractivity contribution in [1.29, 1.82) is 0 Å². The van der Waals surface area contributed by atoms with Crippen molar-refractivity contribution < 1.29 is 19.1 Å². The zero-order valence-corrected chi connectivity index (χ0v) is 23.7. The highest BCUT2D eigenvalue weighted by Gasteiger charge is 2.46. The first kappa shape index (κ1) is 27.4. The number of hydrogen-bond acceptors (Lipinski definition) is 9. The summed E-state index contributed by atoms with van der Waals surface area (Å²) in [6.07, 6.45) is 1.74. The number of carbonyl (C=O) groups is 2. The Kier molecular flexibility index (Phi) is 8.40. The van der Waals surface area contributed by atoms with Gasteiger partial charge in [0.2, 0.25) is 0 Å². The molecule has 2 aliphatic heterocycles. The molecule has 1 fully saturated rings. The van der Waals surface area contributed by atoms with E-state index in [4.69, 9.17) is 26.1 Å². The van der Waals surface area contributed by atoms with Crippen molar-refractivity contribution in [2.75, 3.05) is 30.3 Å². The Morgan fingerprint density at radius 2 is 1.79 bits per heavy atom. The Bertz CT molecular complexity index is 1320. The molecule has 0 saturated carbocycles. The summed E-state index contributed by atoms with van der Waals surface area (Å²) in [6, 6.07) is 11.8. The molecule has 1 saturated heterocycles. The fourth-order valence-electron chi connectivity index (χ4n) is 4.80. The number of anilines is 2. The van der Waals surface area contributed by atoms with Crippen molar-refractivity contribution in [2.45, 2.75) is 51.9 Å². The van der Waals surface area contributed by atoms with Gasteiger partial charge in [-0.25, -0.2) is 4.98 Å². The normalized spacial score (nSPS) is 16.7. The van der Waals surface area contributed by atoms with E-state index in [1.165, 1.54) is 0 Å². The zero-order valence-electron chi connectivity index (χ0n) is 22.1. The number of carbonyl (C=O) groups excluding carboxylic acids is 2. The van der Waals surface area contributed by atoms with Crippen molar-refractivity contribution >= 4 is 45.7 Å². The molecule has 0 radical (unpaired) electrons. The number of thiazole rings is 1. The minimum Gasteiger partial charge on any atom is -0.416 e. The third-order valence-electron chi connectivity index (χ3n) is 6.89. The van der Waals surface area contributed by atoms with Crippen LogP contribution in [0.5, 0.6) is 0 Å². The van der Waals surface area contributed by atoms with Crippen molar-refractivity contribution in [1.82, 2.24) is 10.3 Å². The number of ether oxygens (including phenoxy) is 2. The minimum absolute atomic E-state index is 0.00146. The van der Waals surface area contributed by atoms with Crippen LogP contribution < -0.4 is 16.0 Å². The molecule has 3 heterocycles. The fourth-order valence-corrected chi connectivity index (χ4v) is 5.80. The van der Waals surface area contributed by atoms with Gasteiger partial charge in [0, 0.05) is 29.6 Å². The maximum Gasteiger partial charge on any atom is 0.309 e. The van der Waals surface area contributed by atoms with Crippen LogP contribution in [0.3, 0.4) is 0 Å². The van der Waals surface area contributed by atoms with E-state index < -0.39 is 17.7 Å². The largest absolute Gasteiger partial charge is 0.416 e. The summed E-state index contributed by atoms with van der Waals surface area (Å²) >= 11 is 8.27. The topological polar surface area (TPSA) is 102 Å². The van der Waals surface area contributed by atoms with Crippen LogP contribution >= 0.6 is 22.9 Å². The number of rotatable bonds is 8. The van der Waals surface area contributed by atoms with Gasteiger partial charge in [0.15, 0.2) is 5.13 Å². The molecular weight excluding hydrogens is 536 g/mol. The van der Waals surface area contributed by atoms with Crippen LogP contribution in [-0.4, -0.2) is 36.6 Å². The average molecular weight is 569 g/mol. The number of esters is 2. The highest BCUT2D eigenvalue weighted by molar-refractivity contribution is 7.14. The Balaban J connectivity index is 1.32. The number of fused-ring (bicyclic) bond motifs is 2. The first-order chi connectivity index (χ1) is 18.8. The van der Waals surface area contributed by atoms with Crippen LogP contribution in [0.1, 0.15) is 49.8 Å². The highest BCUT2D eigenvalue weighted by atomic mass is 35.5. The summed E-state index contributed by atoms with van der Waals surface area (Å²) in [5, 5.41) is 13.7. The summed E-state index contributed by atoms with van der Waals surface area (Å²) < 4.78 is 11.5. The van der Waals surface area contributed by atoms with E-state index in [-0.39, 0.29) is 19.4 Å². The number of aromatic nitrogens is 1. The van der Waals surface area contributed by atoms with E-state index in [9.17, 15) is 9.59 Å². The predicted octanol–water partition coefficient (Wildman–Crippen LogP) is 5.71. The Hall–Kier alpha value is -3.14. The second-order valence-corrected chi connectivity index (χ2v) is 11.5. The molecule has 2 aliphatic rings. The average Bonchev–Trinajstić information content (AvgIpc) is 3.24. The van der Waals surface area contributed by atoms with Crippen molar-refractivity contribution in [2.24, 2.45) is 5.92 Å². The molecule has 206 valence electrons. The molecule has 3 N–H and O–H groups in total. The number of halogens is 1. The molecule has 10 heteroatoms. The van der Waals surface area contributed by atoms with Gasteiger partial charge in [-0.1, -0.05) is 49.7 Å². The van der Waals surface area contributed by atoms with Gasteiger partial charge in [0.05, 0.1) is 35.8 Å². The lowest BCUT2D eigenvalue weighted by atomic mass is 9.96. The molecule has 0 unspecified atom stereocenters. The molecule has 5 rings (SSSR count). The Labute approximate surface area is 237 Å². The van der Waals surface area contributed by atoms with Gasteiger partial charge >= 0.3 is 11.9 Å². The van der Waals surface area contributed by atoms with E-state index in [0.717, 1.165) is 46.2 Å². The Morgan fingerprint density at radius 3 is 2.51 bits per heavy atom. The highest BCUT2D eigenvalue weighted by Crippen LogP contribution is 2.40. The number of nitrogens with one attached hydrogen (secondary N) is 3. The third kappa shape index (κ3) is 6.37. The minimum atomic E-state index is -1.50. The first-order valence-electron chi connectivity index (χ1n) is 13.3. The van der Waals surface area contributed by atoms with E-state index in [0.29, 0.717) is 36.0 Å². The molecule has 0 bridgehead atoms. The Morgan fingerprint density at radius 1 is 1.05 bits per heavy atom. The van der Waals surface area contributed by atoms with Crippen molar-refractivity contribution in [3.05, 3.63) is 63.5 Å². The van der Waals surface area contributed by atoms with Gasteiger partial charge in [-0.2, -0.15) is 0 Å². The summed E-state index contributed by atoms with van der Waals surface area (Å²) in [4.78, 5) is 29.4. The van der Waals surface area contributed by atoms with Gasteiger partial charge in [-0.15, -0.1) is 11.3 Å². The smallest absolute Gasteiger partial charge is 0.309 e. The molecule has 0 amide bonds. The van der Waals surface area contributed by atoms with Gasteiger partial charge in [0.25, 0.3) is 5.79 Å². The van der Waals surface area contributed by atoms with Gasteiger partial charge < -0.3 is 25.4 Å². The first-order valence-corrected chi connectivity index (χ1v) is 14.6. The molecule has 0 aliphatic carbocycles. The van der Waals surface area contributed by atoms with Crippen LogP contribution in [0, 0.1) is 5.92 Å². The van der Waals surface area contributed by atoms with Gasteiger partial charge in [0.1, 0.15) is 0 Å². The van der Waals surface area contributed by atoms with Gasteiger partial charge in [-0.3, -0.25) is 9.59 Å². The quantitative estimate of drug-likeness (QED) is 0.297. The lowest BCUT2D eigenvalue weighted by molar-refractivity contribution is -0.225. The second-order valence-electron chi connectivity index (χ2n) is 10.3. The molecule has 0 atom stereocenters. The fraction of sp³-hybridized carbons (Fsp3) is 0.414. The van der Waals surface area contributed by atoms with E-state index in [2.05, 4.69) is 59.4 Å². The van der Waals surface area contributed by atoms with Crippen LogP contribution in [-0.2, 0) is 37.8 Å². The number of benzene rings is 2.